The van der Waals surface area contributed by atoms with Gasteiger partial charge in [0.25, 0.3) is 0 Å². The topological polar surface area (TPSA) is 49.8 Å². The van der Waals surface area contributed by atoms with Crippen LogP contribution in [0.15, 0.2) is 18.2 Å². The number of morpholine rings is 1. The maximum Gasteiger partial charge on any atom is 0.337 e. The summed E-state index contributed by atoms with van der Waals surface area (Å²) >= 11 is 0. The van der Waals surface area contributed by atoms with Gasteiger partial charge in [0.1, 0.15) is 0 Å². The Hall–Kier alpha value is -1.55. The van der Waals surface area contributed by atoms with Crippen LogP contribution in [0.2, 0.25) is 0 Å². The van der Waals surface area contributed by atoms with Crippen molar-refractivity contribution in [2.24, 2.45) is 0 Å². The number of aromatic carboxylic acids is 1. The van der Waals surface area contributed by atoms with Gasteiger partial charge in [-0.3, -0.25) is 0 Å². The Morgan fingerprint density at radius 2 is 2.17 bits per heavy atom. The first-order valence-corrected chi connectivity index (χ1v) is 6.12. The van der Waals surface area contributed by atoms with Crippen LogP contribution in [0.4, 0.5) is 5.69 Å². The molecule has 2 rings (SSSR count). The Morgan fingerprint density at radius 1 is 1.44 bits per heavy atom. The molecule has 4 heteroatoms. The number of hydrogen-bond donors (Lipinski definition) is 1. The smallest absolute Gasteiger partial charge is 0.337 e. The highest BCUT2D eigenvalue weighted by Crippen LogP contribution is 2.29. The van der Waals surface area contributed by atoms with Crippen LogP contribution in [-0.4, -0.2) is 36.4 Å². The summed E-state index contributed by atoms with van der Waals surface area (Å²) in [5.41, 5.74) is 1.94. The molecule has 1 heterocycles. The van der Waals surface area contributed by atoms with E-state index in [0.717, 1.165) is 17.8 Å². The molecular formula is C14H19NO3. The first-order valence-electron chi connectivity index (χ1n) is 6.12. The molecule has 1 saturated heterocycles. The molecule has 0 aliphatic carbocycles. The van der Waals surface area contributed by atoms with Crippen LogP contribution in [0.3, 0.4) is 0 Å². The number of nitrogens with zero attached hydrogens (tertiary/aromatic N) is 1. The Morgan fingerprint density at radius 3 is 2.78 bits per heavy atom. The van der Waals surface area contributed by atoms with Gasteiger partial charge in [-0.15, -0.1) is 0 Å². The lowest BCUT2D eigenvalue weighted by molar-refractivity contribution is -0.0277. The molecule has 0 saturated carbocycles. The van der Waals surface area contributed by atoms with Gasteiger partial charge in [0.2, 0.25) is 0 Å². The lowest BCUT2D eigenvalue weighted by Gasteiger charge is -2.40. The van der Waals surface area contributed by atoms with Gasteiger partial charge in [-0.05, 0) is 32.4 Å². The van der Waals surface area contributed by atoms with Gasteiger partial charge in [0, 0.05) is 13.1 Å². The van der Waals surface area contributed by atoms with Crippen LogP contribution >= 0.6 is 0 Å². The third-order valence-corrected chi connectivity index (χ3v) is 3.21. The number of carboxylic acids is 1. The molecule has 0 radical (unpaired) electrons. The summed E-state index contributed by atoms with van der Waals surface area (Å²) in [5.74, 6) is -0.877. The van der Waals surface area contributed by atoms with Crippen molar-refractivity contribution in [3.05, 3.63) is 29.3 Å². The normalized spacial score (nSPS) is 18.7. The predicted octanol–water partition coefficient (Wildman–Crippen LogP) is 2.31. The second-order valence-corrected chi connectivity index (χ2v) is 5.31. The molecule has 4 nitrogen and oxygen atoms in total. The van der Waals surface area contributed by atoms with Gasteiger partial charge in [-0.2, -0.15) is 0 Å². The Labute approximate surface area is 107 Å². The zero-order valence-corrected chi connectivity index (χ0v) is 11.1. The third-order valence-electron chi connectivity index (χ3n) is 3.21. The SMILES string of the molecule is Cc1cccc(C(=O)O)c1N1CCOC(C)(C)C1. The molecule has 0 atom stereocenters. The van der Waals surface area contributed by atoms with Gasteiger partial charge in [-0.25, -0.2) is 4.79 Å². The molecule has 1 aliphatic heterocycles. The fraction of sp³-hybridized carbons (Fsp3) is 0.500. The van der Waals surface area contributed by atoms with E-state index in [1.54, 1.807) is 12.1 Å². The van der Waals surface area contributed by atoms with Crippen LogP contribution in [0.5, 0.6) is 0 Å². The number of rotatable bonds is 2. The number of benzene rings is 1. The van der Waals surface area contributed by atoms with Crippen molar-refractivity contribution < 1.29 is 14.6 Å². The highest BCUT2D eigenvalue weighted by atomic mass is 16.5. The van der Waals surface area contributed by atoms with Gasteiger partial charge in [0.15, 0.2) is 0 Å². The standard InChI is InChI=1S/C14H19NO3/c1-10-5-4-6-11(13(16)17)12(10)15-7-8-18-14(2,3)9-15/h4-6H,7-9H2,1-3H3,(H,16,17). The molecule has 1 N–H and O–H groups in total. The Bertz CT molecular complexity index is 468. The molecule has 0 aromatic heterocycles. The number of carboxylic acid groups (broad SMARTS) is 1. The molecule has 0 amide bonds. The van der Waals surface area contributed by atoms with E-state index in [9.17, 15) is 9.90 Å². The zero-order chi connectivity index (χ0) is 13.3. The molecule has 18 heavy (non-hydrogen) atoms. The predicted molar refractivity (Wildman–Crippen MR) is 70.4 cm³/mol. The van der Waals surface area contributed by atoms with E-state index in [2.05, 4.69) is 4.90 Å². The minimum absolute atomic E-state index is 0.240. The zero-order valence-electron chi connectivity index (χ0n) is 11.1. The van der Waals surface area contributed by atoms with E-state index in [-0.39, 0.29) is 5.60 Å². The number of carbonyl (C=O) groups is 1. The summed E-state index contributed by atoms with van der Waals surface area (Å²) in [5, 5.41) is 9.29. The van der Waals surface area contributed by atoms with Crippen molar-refractivity contribution in [3.8, 4) is 0 Å². The minimum Gasteiger partial charge on any atom is -0.478 e. The van der Waals surface area contributed by atoms with Crippen LogP contribution in [0, 0.1) is 6.92 Å². The molecular weight excluding hydrogens is 230 g/mol. The van der Waals surface area contributed by atoms with Gasteiger partial charge < -0.3 is 14.7 Å². The Kier molecular flexibility index (Phi) is 3.30. The van der Waals surface area contributed by atoms with E-state index in [1.165, 1.54) is 0 Å². The fourth-order valence-electron chi connectivity index (χ4n) is 2.46. The van der Waals surface area contributed by atoms with Gasteiger partial charge in [-0.1, -0.05) is 12.1 Å². The lowest BCUT2D eigenvalue weighted by Crippen LogP contribution is -2.49. The average Bonchev–Trinajstić information content (AvgIpc) is 2.27. The molecule has 0 spiro atoms. The van der Waals surface area contributed by atoms with Gasteiger partial charge in [0.05, 0.1) is 23.5 Å². The van der Waals surface area contributed by atoms with Crippen LogP contribution in [0.25, 0.3) is 0 Å². The Balaban J connectivity index is 2.41. The molecule has 1 aromatic carbocycles. The quantitative estimate of drug-likeness (QED) is 0.873. The molecule has 0 unspecified atom stereocenters. The van der Waals surface area contributed by atoms with Crippen molar-refractivity contribution in [1.29, 1.82) is 0 Å². The molecule has 1 aromatic rings. The van der Waals surface area contributed by atoms with Crippen molar-refractivity contribution in [2.75, 3.05) is 24.6 Å². The maximum atomic E-state index is 11.3. The summed E-state index contributed by atoms with van der Waals surface area (Å²) in [6.07, 6.45) is 0. The number of anilines is 1. The highest BCUT2D eigenvalue weighted by molar-refractivity contribution is 5.95. The number of hydrogen-bond acceptors (Lipinski definition) is 3. The second-order valence-electron chi connectivity index (χ2n) is 5.31. The van der Waals surface area contributed by atoms with Crippen LogP contribution < -0.4 is 4.90 Å². The van der Waals surface area contributed by atoms with E-state index in [4.69, 9.17) is 4.74 Å². The summed E-state index contributed by atoms with van der Waals surface area (Å²) in [6, 6.07) is 5.39. The molecule has 0 bridgehead atoms. The second kappa shape index (κ2) is 4.61. The fourth-order valence-corrected chi connectivity index (χ4v) is 2.46. The largest absolute Gasteiger partial charge is 0.478 e. The van der Waals surface area contributed by atoms with Crippen LogP contribution in [-0.2, 0) is 4.74 Å². The first kappa shape index (κ1) is 12.9. The number of para-hydroxylation sites is 1. The lowest BCUT2D eigenvalue weighted by atomic mass is 10.0. The van der Waals surface area contributed by atoms with E-state index in [1.807, 2.05) is 26.8 Å². The van der Waals surface area contributed by atoms with Crippen molar-refractivity contribution in [2.45, 2.75) is 26.4 Å². The van der Waals surface area contributed by atoms with Crippen molar-refractivity contribution >= 4 is 11.7 Å². The minimum atomic E-state index is -0.877. The average molecular weight is 249 g/mol. The third kappa shape index (κ3) is 2.48. The maximum absolute atomic E-state index is 11.3. The van der Waals surface area contributed by atoms with E-state index < -0.39 is 5.97 Å². The molecule has 1 aliphatic rings. The first-order chi connectivity index (χ1) is 8.41. The summed E-state index contributed by atoms with van der Waals surface area (Å²) < 4.78 is 5.67. The highest BCUT2D eigenvalue weighted by Gasteiger charge is 2.29. The summed E-state index contributed by atoms with van der Waals surface area (Å²) in [7, 11) is 0. The summed E-state index contributed by atoms with van der Waals surface area (Å²) in [4.78, 5) is 13.4. The monoisotopic (exact) mass is 249 g/mol. The molecule has 98 valence electrons. The number of ether oxygens (including phenoxy) is 1. The molecule has 1 fully saturated rings. The number of aryl methyl sites for hydroxylation is 1. The van der Waals surface area contributed by atoms with Crippen molar-refractivity contribution in [1.82, 2.24) is 0 Å². The van der Waals surface area contributed by atoms with Gasteiger partial charge >= 0.3 is 5.97 Å². The van der Waals surface area contributed by atoms with Crippen LogP contribution in [0.1, 0.15) is 29.8 Å². The van der Waals surface area contributed by atoms with Crippen molar-refractivity contribution in [3.63, 3.8) is 0 Å². The van der Waals surface area contributed by atoms with E-state index >= 15 is 0 Å². The summed E-state index contributed by atoms with van der Waals surface area (Å²) in [6.45, 7) is 8.06. The van der Waals surface area contributed by atoms with E-state index in [0.29, 0.717) is 18.7 Å².